The van der Waals surface area contributed by atoms with Crippen molar-refractivity contribution >= 4 is 5.97 Å². The third kappa shape index (κ3) is 1.77. The van der Waals surface area contributed by atoms with Crippen molar-refractivity contribution in [2.24, 2.45) is 0 Å². The number of carboxylic acids is 1. The largest absolute Gasteiger partial charge is 0.547 e. The number of alkyl halides is 1. The Hall–Kier alpha value is -1.38. The average molecular weight is 153 g/mol. The van der Waals surface area contributed by atoms with Crippen LogP contribution in [0.15, 0.2) is 30.3 Å². The van der Waals surface area contributed by atoms with Crippen molar-refractivity contribution in [2.75, 3.05) is 0 Å². The van der Waals surface area contributed by atoms with Gasteiger partial charge in [-0.25, -0.2) is 4.39 Å². The Morgan fingerprint density at radius 3 is 2.36 bits per heavy atom. The number of hydrogen-bond acceptors (Lipinski definition) is 2. The van der Waals surface area contributed by atoms with Gasteiger partial charge in [0.25, 0.3) is 0 Å². The Labute approximate surface area is 63.3 Å². The summed E-state index contributed by atoms with van der Waals surface area (Å²) >= 11 is 0. The smallest absolute Gasteiger partial charge is 0.164 e. The molecule has 0 bridgehead atoms. The molecule has 58 valence electrons. The van der Waals surface area contributed by atoms with Gasteiger partial charge in [-0.1, -0.05) is 30.3 Å². The van der Waals surface area contributed by atoms with Crippen LogP contribution < -0.4 is 5.11 Å². The quantitative estimate of drug-likeness (QED) is 0.618. The Kier molecular flexibility index (Phi) is 2.21. The minimum absolute atomic E-state index is 0.118. The van der Waals surface area contributed by atoms with Gasteiger partial charge >= 0.3 is 0 Å². The molecule has 0 saturated heterocycles. The molecule has 0 aliphatic rings. The highest BCUT2D eigenvalue weighted by molar-refractivity contribution is 5.71. The predicted octanol–water partition coefficient (Wildman–Crippen LogP) is 0.447. The zero-order chi connectivity index (χ0) is 8.27. The van der Waals surface area contributed by atoms with Crippen molar-refractivity contribution in [1.29, 1.82) is 0 Å². The van der Waals surface area contributed by atoms with Gasteiger partial charge in [0.05, 0.1) is 5.97 Å². The molecular weight excluding hydrogens is 147 g/mol. The van der Waals surface area contributed by atoms with E-state index >= 15 is 0 Å². The molecule has 3 heteroatoms. The molecule has 0 aliphatic heterocycles. The number of carboxylic acid groups (broad SMARTS) is 1. The highest BCUT2D eigenvalue weighted by atomic mass is 19.1. The monoisotopic (exact) mass is 153 g/mol. The summed E-state index contributed by atoms with van der Waals surface area (Å²) in [6.07, 6.45) is -2.02. The minimum Gasteiger partial charge on any atom is -0.547 e. The molecule has 0 amide bonds. The second kappa shape index (κ2) is 3.14. The van der Waals surface area contributed by atoms with Gasteiger partial charge in [0, 0.05) is 0 Å². The normalized spacial score (nSPS) is 12.5. The third-order valence-electron chi connectivity index (χ3n) is 1.30. The second-order valence-electron chi connectivity index (χ2n) is 2.09. The summed E-state index contributed by atoms with van der Waals surface area (Å²) in [5.41, 5.74) is 0.118. The van der Waals surface area contributed by atoms with Crippen LogP contribution in [0.5, 0.6) is 0 Å². The number of carbonyl (C=O) groups is 1. The summed E-state index contributed by atoms with van der Waals surface area (Å²) in [6, 6.07) is 7.64. The number of benzene rings is 1. The Balaban J connectivity index is 2.85. The van der Waals surface area contributed by atoms with Crippen LogP contribution in [-0.2, 0) is 4.79 Å². The molecule has 0 aliphatic carbocycles. The maximum atomic E-state index is 12.6. The minimum atomic E-state index is -2.02. The van der Waals surface area contributed by atoms with Crippen LogP contribution in [0.1, 0.15) is 11.7 Å². The number of aliphatic carboxylic acids is 1. The van der Waals surface area contributed by atoms with E-state index in [1.54, 1.807) is 18.2 Å². The molecule has 2 nitrogen and oxygen atoms in total. The van der Waals surface area contributed by atoms with E-state index in [-0.39, 0.29) is 5.56 Å². The Bertz CT molecular complexity index is 246. The molecule has 1 atom stereocenters. The van der Waals surface area contributed by atoms with Gasteiger partial charge in [-0.3, -0.25) is 0 Å². The van der Waals surface area contributed by atoms with Crippen LogP contribution in [0.3, 0.4) is 0 Å². The first-order valence-corrected chi connectivity index (χ1v) is 3.11. The SMILES string of the molecule is O=C([O-])C(F)c1ccccc1. The zero-order valence-electron chi connectivity index (χ0n) is 5.66. The van der Waals surface area contributed by atoms with Gasteiger partial charge in [-0.2, -0.15) is 0 Å². The number of rotatable bonds is 2. The maximum Gasteiger partial charge on any atom is 0.164 e. The standard InChI is InChI=1S/C8H7FO2/c9-7(8(10)11)6-4-2-1-3-5-6/h1-5,7H,(H,10,11)/p-1. The first-order valence-electron chi connectivity index (χ1n) is 3.11. The van der Waals surface area contributed by atoms with Crippen LogP contribution in [0, 0.1) is 0 Å². The summed E-state index contributed by atoms with van der Waals surface area (Å²) in [6.45, 7) is 0. The van der Waals surface area contributed by atoms with E-state index < -0.39 is 12.1 Å². The highest BCUT2D eigenvalue weighted by Gasteiger charge is 2.08. The molecule has 1 aromatic carbocycles. The number of halogens is 1. The topological polar surface area (TPSA) is 40.1 Å². The van der Waals surface area contributed by atoms with Crippen molar-refractivity contribution < 1.29 is 14.3 Å². The molecule has 0 aromatic heterocycles. The van der Waals surface area contributed by atoms with Crippen molar-refractivity contribution in [1.82, 2.24) is 0 Å². The summed E-state index contributed by atoms with van der Waals surface area (Å²) < 4.78 is 12.6. The summed E-state index contributed by atoms with van der Waals surface area (Å²) in [7, 11) is 0. The van der Waals surface area contributed by atoms with Crippen LogP contribution in [-0.4, -0.2) is 5.97 Å². The van der Waals surface area contributed by atoms with E-state index in [2.05, 4.69) is 0 Å². The van der Waals surface area contributed by atoms with E-state index in [9.17, 15) is 14.3 Å². The molecule has 0 N–H and O–H groups in total. The van der Waals surface area contributed by atoms with Crippen LogP contribution >= 0.6 is 0 Å². The molecule has 0 radical (unpaired) electrons. The highest BCUT2D eigenvalue weighted by Crippen LogP contribution is 2.14. The van der Waals surface area contributed by atoms with Crippen LogP contribution in [0.25, 0.3) is 0 Å². The summed E-state index contributed by atoms with van der Waals surface area (Å²) in [5.74, 6) is -1.70. The molecular formula is C8H6FO2-. The van der Waals surface area contributed by atoms with E-state index in [0.717, 1.165) is 0 Å². The lowest BCUT2D eigenvalue weighted by atomic mass is 10.1. The van der Waals surface area contributed by atoms with Crippen molar-refractivity contribution in [3.05, 3.63) is 35.9 Å². The number of carbonyl (C=O) groups excluding carboxylic acids is 1. The number of hydrogen-bond donors (Lipinski definition) is 0. The van der Waals surface area contributed by atoms with E-state index in [1.165, 1.54) is 12.1 Å². The van der Waals surface area contributed by atoms with E-state index in [4.69, 9.17) is 0 Å². The molecule has 0 saturated carbocycles. The Morgan fingerprint density at radius 1 is 1.36 bits per heavy atom. The lowest BCUT2D eigenvalue weighted by molar-refractivity contribution is -0.312. The van der Waals surface area contributed by atoms with Crippen molar-refractivity contribution in [3.63, 3.8) is 0 Å². The average Bonchev–Trinajstić information content (AvgIpc) is 2.05. The predicted molar refractivity (Wildman–Crippen MR) is 35.3 cm³/mol. The van der Waals surface area contributed by atoms with Gasteiger partial charge in [0.2, 0.25) is 0 Å². The maximum absolute atomic E-state index is 12.6. The fraction of sp³-hybridized carbons (Fsp3) is 0.125. The summed E-state index contributed by atoms with van der Waals surface area (Å²) in [4.78, 5) is 10.0. The molecule has 11 heavy (non-hydrogen) atoms. The fourth-order valence-corrected chi connectivity index (χ4v) is 0.758. The van der Waals surface area contributed by atoms with Gasteiger partial charge in [0.15, 0.2) is 6.17 Å². The van der Waals surface area contributed by atoms with Gasteiger partial charge in [0.1, 0.15) is 0 Å². The van der Waals surface area contributed by atoms with E-state index in [1.807, 2.05) is 0 Å². The van der Waals surface area contributed by atoms with Gasteiger partial charge < -0.3 is 9.90 Å². The third-order valence-corrected chi connectivity index (χ3v) is 1.30. The molecule has 0 spiro atoms. The molecule has 1 aromatic rings. The van der Waals surface area contributed by atoms with E-state index in [0.29, 0.717) is 0 Å². The first-order chi connectivity index (χ1) is 5.22. The summed E-state index contributed by atoms with van der Waals surface area (Å²) in [5, 5.41) is 10.0. The van der Waals surface area contributed by atoms with Crippen molar-refractivity contribution in [2.45, 2.75) is 6.17 Å². The molecule has 0 fully saturated rings. The molecule has 1 unspecified atom stereocenters. The zero-order valence-corrected chi connectivity index (χ0v) is 5.66. The van der Waals surface area contributed by atoms with Gasteiger partial charge in [-0.15, -0.1) is 0 Å². The van der Waals surface area contributed by atoms with Gasteiger partial charge in [-0.05, 0) is 5.56 Å². The lowest BCUT2D eigenvalue weighted by Gasteiger charge is -2.07. The van der Waals surface area contributed by atoms with Crippen LogP contribution in [0.2, 0.25) is 0 Å². The Morgan fingerprint density at radius 2 is 1.91 bits per heavy atom. The first kappa shape index (κ1) is 7.72. The second-order valence-corrected chi connectivity index (χ2v) is 2.09. The molecule has 1 rings (SSSR count). The molecule has 0 heterocycles. The van der Waals surface area contributed by atoms with Crippen molar-refractivity contribution in [3.8, 4) is 0 Å². The van der Waals surface area contributed by atoms with Crippen LogP contribution in [0.4, 0.5) is 4.39 Å². The lowest BCUT2D eigenvalue weighted by Crippen LogP contribution is -2.27. The fourth-order valence-electron chi connectivity index (χ4n) is 0.758.